The lowest BCUT2D eigenvalue weighted by molar-refractivity contribution is 0.323. The maximum atomic E-state index is 6.13. The predicted molar refractivity (Wildman–Crippen MR) is 71.2 cm³/mol. The molecule has 0 aliphatic heterocycles. The Morgan fingerprint density at radius 2 is 1.70 bits per heavy atom. The molecule has 0 saturated heterocycles. The quantitative estimate of drug-likeness (QED) is 0.885. The molecule has 1 atom stereocenters. The standard InChI is InChI=1S/C13H17N3O4/c1-7-15-13(16-20-7)11(14)8-5-9(17-2)12(19-4)10(6-8)18-3/h5-6,11H,14H2,1-4H3. The minimum absolute atomic E-state index is 0.400. The molecule has 20 heavy (non-hydrogen) atoms. The number of aromatic nitrogens is 2. The first-order valence-corrected chi connectivity index (χ1v) is 5.96. The van der Waals surface area contributed by atoms with Gasteiger partial charge >= 0.3 is 0 Å². The van der Waals surface area contributed by atoms with Crippen molar-refractivity contribution >= 4 is 0 Å². The van der Waals surface area contributed by atoms with E-state index >= 15 is 0 Å². The van der Waals surface area contributed by atoms with Crippen molar-refractivity contribution in [1.29, 1.82) is 0 Å². The number of hydrogen-bond acceptors (Lipinski definition) is 7. The number of hydrogen-bond donors (Lipinski definition) is 1. The summed E-state index contributed by atoms with van der Waals surface area (Å²) in [5, 5.41) is 3.82. The minimum Gasteiger partial charge on any atom is -0.493 e. The highest BCUT2D eigenvalue weighted by atomic mass is 16.5. The lowest BCUT2D eigenvalue weighted by Crippen LogP contribution is -2.14. The average molecular weight is 279 g/mol. The van der Waals surface area contributed by atoms with Gasteiger partial charge in [0.15, 0.2) is 17.3 Å². The smallest absolute Gasteiger partial charge is 0.223 e. The molecule has 1 aromatic carbocycles. The second-order valence-electron chi connectivity index (χ2n) is 4.11. The van der Waals surface area contributed by atoms with E-state index in [9.17, 15) is 0 Å². The Balaban J connectivity index is 2.46. The van der Waals surface area contributed by atoms with E-state index < -0.39 is 6.04 Å². The number of benzene rings is 1. The summed E-state index contributed by atoms with van der Waals surface area (Å²) >= 11 is 0. The fourth-order valence-electron chi connectivity index (χ4n) is 1.87. The van der Waals surface area contributed by atoms with E-state index in [4.69, 9.17) is 24.5 Å². The van der Waals surface area contributed by atoms with Crippen LogP contribution in [-0.2, 0) is 0 Å². The van der Waals surface area contributed by atoms with Crippen LogP contribution in [0, 0.1) is 6.92 Å². The summed E-state index contributed by atoms with van der Waals surface area (Å²) in [6.07, 6.45) is 0. The van der Waals surface area contributed by atoms with E-state index in [0.29, 0.717) is 29.0 Å². The molecule has 2 aromatic rings. The van der Waals surface area contributed by atoms with Crippen molar-refractivity contribution in [3.63, 3.8) is 0 Å². The molecule has 0 radical (unpaired) electrons. The van der Waals surface area contributed by atoms with Crippen LogP contribution < -0.4 is 19.9 Å². The van der Waals surface area contributed by atoms with Gasteiger partial charge in [-0.15, -0.1) is 0 Å². The van der Waals surface area contributed by atoms with E-state index in [2.05, 4.69) is 10.1 Å². The SMILES string of the molecule is COc1cc(C(N)c2noc(C)n2)cc(OC)c1OC. The third-order valence-electron chi connectivity index (χ3n) is 2.87. The van der Waals surface area contributed by atoms with Crippen molar-refractivity contribution in [2.75, 3.05) is 21.3 Å². The number of ether oxygens (including phenoxy) is 3. The first kappa shape index (κ1) is 14.1. The molecule has 2 N–H and O–H groups in total. The van der Waals surface area contributed by atoms with Crippen LogP contribution in [0.3, 0.4) is 0 Å². The maximum absolute atomic E-state index is 6.13. The van der Waals surface area contributed by atoms with Gasteiger partial charge in [-0.25, -0.2) is 0 Å². The van der Waals surface area contributed by atoms with Gasteiger partial charge in [0.25, 0.3) is 0 Å². The van der Waals surface area contributed by atoms with Crippen LogP contribution in [0.25, 0.3) is 0 Å². The van der Waals surface area contributed by atoms with Gasteiger partial charge in [-0.2, -0.15) is 4.98 Å². The summed E-state index contributed by atoms with van der Waals surface area (Å²) in [6, 6.07) is 2.98. The van der Waals surface area contributed by atoms with Gasteiger partial charge in [0.1, 0.15) is 0 Å². The first-order chi connectivity index (χ1) is 9.60. The fraction of sp³-hybridized carbons (Fsp3) is 0.385. The number of rotatable bonds is 5. The highest BCUT2D eigenvalue weighted by Crippen LogP contribution is 2.39. The topological polar surface area (TPSA) is 92.6 Å². The van der Waals surface area contributed by atoms with Crippen LogP contribution in [0.2, 0.25) is 0 Å². The van der Waals surface area contributed by atoms with Gasteiger partial charge in [-0.05, 0) is 17.7 Å². The number of nitrogens with zero attached hydrogens (tertiary/aromatic N) is 2. The molecule has 0 saturated carbocycles. The van der Waals surface area contributed by atoms with Crippen LogP contribution >= 0.6 is 0 Å². The average Bonchev–Trinajstić information content (AvgIpc) is 2.91. The van der Waals surface area contributed by atoms with E-state index in [-0.39, 0.29) is 0 Å². The Bertz CT molecular complexity index is 572. The molecule has 0 bridgehead atoms. The Labute approximate surface area is 116 Å². The molecule has 1 heterocycles. The highest BCUT2D eigenvalue weighted by Gasteiger charge is 2.20. The summed E-state index contributed by atoms with van der Waals surface area (Å²) in [6.45, 7) is 1.71. The second kappa shape index (κ2) is 5.79. The van der Waals surface area contributed by atoms with E-state index in [1.165, 1.54) is 0 Å². The molecule has 2 rings (SSSR count). The Morgan fingerprint density at radius 3 is 2.10 bits per heavy atom. The molecule has 108 valence electrons. The monoisotopic (exact) mass is 279 g/mol. The third kappa shape index (κ3) is 2.53. The van der Waals surface area contributed by atoms with Crippen molar-refractivity contribution in [2.45, 2.75) is 13.0 Å². The van der Waals surface area contributed by atoms with Crippen LogP contribution in [-0.4, -0.2) is 31.5 Å². The summed E-state index contributed by atoms with van der Waals surface area (Å²) < 4.78 is 20.8. The summed E-state index contributed by atoms with van der Waals surface area (Å²) in [5.41, 5.74) is 6.87. The van der Waals surface area contributed by atoms with Crippen molar-refractivity contribution in [3.05, 3.63) is 29.4 Å². The molecule has 0 spiro atoms. The molecule has 1 aromatic heterocycles. The normalized spacial score (nSPS) is 12.1. The van der Waals surface area contributed by atoms with E-state index in [1.54, 1.807) is 40.4 Å². The zero-order valence-corrected chi connectivity index (χ0v) is 11.8. The summed E-state index contributed by atoms with van der Waals surface area (Å²) in [5.74, 6) is 2.42. The lowest BCUT2D eigenvalue weighted by atomic mass is 10.1. The molecule has 1 unspecified atom stereocenters. The number of aryl methyl sites for hydroxylation is 1. The van der Waals surface area contributed by atoms with E-state index in [0.717, 1.165) is 5.56 Å². The lowest BCUT2D eigenvalue weighted by Gasteiger charge is -2.16. The molecule has 7 heteroatoms. The van der Waals surface area contributed by atoms with Crippen LogP contribution in [0.4, 0.5) is 0 Å². The highest BCUT2D eigenvalue weighted by molar-refractivity contribution is 5.54. The van der Waals surface area contributed by atoms with Crippen LogP contribution in [0.1, 0.15) is 23.3 Å². The van der Waals surface area contributed by atoms with Crippen molar-refractivity contribution < 1.29 is 18.7 Å². The van der Waals surface area contributed by atoms with Gasteiger partial charge < -0.3 is 24.5 Å². The molecule has 0 aliphatic rings. The van der Waals surface area contributed by atoms with Gasteiger partial charge in [0.05, 0.1) is 27.4 Å². The molecule has 7 nitrogen and oxygen atoms in total. The van der Waals surface area contributed by atoms with Gasteiger partial charge in [0, 0.05) is 6.92 Å². The minimum atomic E-state index is -0.541. The largest absolute Gasteiger partial charge is 0.493 e. The summed E-state index contributed by atoms with van der Waals surface area (Å²) in [4.78, 5) is 4.12. The van der Waals surface area contributed by atoms with Gasteiger partial charge in [0.2, 0.25) is 11.6 Å². The molecular weight excluding hydrogens is 262 g/mol. The number of methoxy groups -OCH3 is 3. The second-order valence-corrected chi connectivity index (χ2v) is 4.11. The molecule has 0 amide bonds. The number of nitrogens with two attached hydrogens (primary N) is 1. The zero-order valence-electron chi connectivity index (χ0n) is 11.8. The molecule has 0 aliphatic carbocycles. The Morgan fingerprint density at radius 1 is 1.10 bits per heavy atom. The van der Waals surface area contributed by atoms with Gasteiger partial charge in [-0.1, -0.05) is 5.16 Å². The Hall–Kier alpha value is -2.28. The first-order valence-electron chi connectivity index (χ1n) is 5.96. The zero-order chi connectivity index (χ0) is 14.7. The fourth-order valence-corrected chi connectivity index (χ4v) is 1.87. The Kier molecular flexibility index (Phi) is 4.09. The van der Waals surface area contributed by atoms with Crippen LogP contribution in [0.15, 0.2) is 16.7 Å². The van der Waals surface area contributed by atoms with Crippen molar-refractivity contribution in [2.24, 2.45) is 5.73 Å². The molecular formula is C13H17N3O4. The third-order valence-corrected chi connectivity index (χ3v) is 2.87. The van der Waals surface area contributed by atoms with E-state index in [1.807, 2.05) is 0 Å². The van der Waals surface area contributed by atoms with Crippen LogP contribution in [0.5, 0.6) is 17.2 Å². The maximum Gasteiger partial charge on any atom is 0.223 e. The summed E-state index contributed by atoms with van der Waals surface area (Å²) in [7, 11) is 4.64. The van der Waals surface area contributed by atoms with Crippen molar-refractivity contribution in [3.8, 4) is 17.2 Å². The molecule has 0 fully saturated rings. The van der Waals surface area contributed by atoms with Crippen molar-refractivity contribution in [1.82, 2.24) is 10.1 Å². The van der Waals surface area contributed by atoms with Gasteiger partial charge in [-0.3, -0.25) is 0 Å². The predicted octanol–water partition coefficient (Wildman–Crippen LogP) is 1.45.